The normalized spacial score (nSPS) is 12.2. The SMILES string of the molecule is O=C(O)C(C(=O)O)C(c1ccccc1)c1ccc2c(cnn2-c2ccc(F)cc2)c1. The highest BCUT2D eigenvalue weighted by Crippen LogP contribution is 2.34. The van der Waals surface area contributed by atoms with Crippen molar-refractivity contribution < 1.29 is 24.2 Å². The smallest absolute Gasteiger partial charge is 0.318 e. The molecule has 2 N–H and O–H groups in total. The molecule has 0 fully saturated rings. The molecule has 7 heteroatoms. The summed E-state index contributed by atoms with van der Waals surface area (Å²) in [6, 6.07) is 19.8. The minimum Gasteiger partial charge on any atom is -0.481 e. The third-order valence-electron chi connectivity index (χ3n) is 5.05. The lowest BCUT2D eigenvalue weighted by Gasteiger charge is -2.22. The van der Waals surface area contributed by atoms with E-state index in [0.717, 1.165) is 5.52 Å². The zero-order valence-electron chi connectivity index (χ0n) is 15.6. The minimum atomic E-state index is -1.64. The van der Waals surface area contributed by atoms with E-state index in [0.29, 0.717) is 22.2 Å². The van der Waals surface area contributed by atoms with Crippen molar-refractivity contribution in [2.24, 2.45) is 5.92 Å². The Balaban J connectivity index is 1.83. The molecule has 0 amide bonds. The van der Waals surface area contributed by atoms with E-state index in [4.69, 9.17) is 0 Å². The number of hydrogen-bond donors (Lipinski definition) is 2. The van der Waals surface area contributed by atoms with Gasteiger partial charge in [0, 0.05) is 11.3 Å². The second-order valence-corrected chi connectivity index (χ2v) is 6.89. The van der Waals surface area contributed by atoms with Gasteiger partial charge in [-0.1, -0.05) is 36.4 Å². The molecule has 0 aliphatic heterocycles. The van der Waals surface area contributed by atoms with Crippen LogP contribution in [0.5, 0.6) is 0 Å². The highest BCUT2D eigenvalue weighted by atomic mass is 19.1. The number of carbonyl (C=O) groups is 2. The summed E-state index contributed by atoms with van der Waals surface area (Å²) in [4.78, 5) is 23.6. The Morgan fingerprint density at radius 3 is 2.17 bits per heavy atom. The molecule has 0 saturated carbocycles. The number of halogens is 1. The van der Waals surface area contributed by atoms with Gasteiger partial charge in [0.2, 0.25) is 0 Å². The molecule has 0 bridgehead atoms. The van der Waals surface area contributed by atoms with E-state index in [2.05, 4.69) is 5.10 Å². The number of rotatable bonds is 6. The van der Waals surface area contributed by atoms with Crippen molar-refractivity contribution in [3.8, 4) is 5.69 Å². The summed E-state index contributed by atoms with van der Waals surface area (Å²) in [5.74, 6) is -5.68. The first-order valence-corrected chi connectivity index (χ1v) is 9.20. The van der Waals surface area contributed by atoms with E-state index in [1.807, 2.05) is 0 Å². The van der Waals surface area contributed by atoms with Gasteiger partial charge in [0.05, 0.1) is 17.4 Å². The van der Waals surface area contributed by atoms with Gasteiger partial charge in [-0.25, -0.2) is 9.07 Å². The van der Waals surface area contributed by atoms with Gasteiger partial charge < -0.3 is 10.2 Å². The largest absolute Gasteiger partial charge is 0.481 e. The Morgan fingerprint density at radius 2 is 1.53 bits per heavy atom. The highest BCUT2D eigenvalue weighted by molar-refractivity contribution is 5.95. The number of aromatic nitrogens is 2. The van der Waals surface area contributed by atoms with Crippen LogP contribution in [-0.4, -0.2) is 31.9 Å². The molecule has 6 nitrogen and oxygen atoms in total. The lowest BCUT2D eigenvalue weighted by molar-refractivity contribution is -0.155. The van der Waals surface area contributed by atoms with Crippen LogP contribution in [0.25, 0.3) is 16.6 Å². The molecule has 0 aliphatic carbocycles. The summed E-state index contributed by atoms with van der Waals surface area (Å²) in [6.45, 7) is 0. The van der Waals surface area contributed by atoms with Crippen molar-refractivity contribution in [1.82, 2.24) is 9.78 Å². The van der Waals surface area contributed by atoms with Gasteiger partial charge in [-0.3, -0.25) is 9.59 Å². The monoisotopic (exact) mass is 404 g/mol. The van der Waals surface area contributed by atoms with Gasteiger partial charge in [0.1, 0.15) is 5.82 Å². The van der Waals surface area contributed by atoms with Crippen molar-refractivity contribution in [1.29, 1.82) is 0 Å². The van der Waals surface area contributed by atoms with Gasteiger partial charge in [-0.15, -0.1) is 0 Å². The van der Waals surface area contributed by atoms with Crippen LogP contribution in [-0.2, 0) is 9.59 Å². The number of aliphatic carboxylic acids is 2. The summed E-state index contributed by atoms with van der Waals surface area (Å²) in [6.07, 6.45) is 1.61. The van der Waals surface area contributed by atoms with E-state index in [1.54, 1.807) is 71.5 Å². The number of carboxylic acid groups (broad SMARTS) is 2. The molecule has 0 spiro atoms. The highest BCUT2D eigenvalue weighted by Gasteiger charge is 2.37. The van der Waals surface area contributed by atoms with Crippen molar-refractivity contribution in [2.45, 2.75) is 5.92 Å². The van der Waals surface area contributed by atoms with Crippen LogP contribution in [0.15, 0.2) is 79.0 Å². The number of nitrogens with zero attached hydrogens (tertiary/aromatic N) is 2. The fourth-order valence-corrected chi connectivity index (χ4v) is 3.66. The van der Waals surface area contributed by atoms with Gasteiger partial charge in [0.25, 0.3) is 0 Å². The van der Waals surface area contributed by atoms with Crippen molar-refractivity contribution >= 4 is 22.8 Å². The van der Waals surface area contributed by atoms with E-state index in [9.17, 15) is 24.2 Å². The van der Waals surface area contributed by atoms with Crippen LogP contribution < -0.4 is 0 Å². The maximum atomic E-state index is 13.2. The first kappa shape index (κ1) is 19.3. The summed E-state index contributed by atoms with van der Waals surface area (Å²) in [5.41, 5.74) is 2.56. The average Bonchev–Trinajstić information content (AvgIpc) is 3.15. The number of benzene rings is 3. The third-order valence-corrected chi connectivity index (χ3v) is 5.05. The molecule has 1 heterocycles. The Morgan fingerprint density at radius 1 is 0.867 bits per heavy atom. The Bertz CT molecular complexity index is 1210. The zero-order valence-corrected chi connectivity index (χ0v) is 15.6. The first-order valence-electron chi connectivity index (χ1n) is 9.20. The third kappa shape index (κ3) is 3.53. The van der Waals surface area contributed by atoms with Gasteiger partial charge >= 0.3 is 11.9 Å². The van der Waals surface area contributed by atoms with E-state index < -0.39 is 23.8 Å². The lowest BCUT2D eigenvalue weighted by Crippen LogP contribution is -2.30. The van der Waals surface area contributed by atoms with Gasteiger partial charge in [-0.05, 0) is 47.5 Å². The second kappa shape index (κ2) is 7.79. The average molecular weight is 404 g/mol. The molecular weight excluding hydrogens is 387 g/mol. The first-order chi connectivity index (χ1) is 14.5. The van der Waals surface area contributed by atoms with Crippen LogP contribution in [0.1, 0.15) is 17.0 Å². The molecule has 1 aromatic heterocycles. The fourth-order valence-electron chi connectivity index (χ4n) is 3.66. The molecule has 0 radical (unpaired) electrons. The van der Waals surface area contributed by atoms with Crippen molar-refractivity contribution in [3.63, 3.8) is 0 Å². The molecule has 3 aromatic carbocycles. The predicted molar refractivity (Wildman–Crippen MR) is 108 cm³/mol. The van der Waals surface area contributed by atoms with E-state index >= 15 is 0 Å². The Hall–Kier alpha value is -4.00. The van der Waals surface area contributed by atoms with E-state index in [1.165, 1.54) is 12.1 Å². The summed E-state index contributed by atoms with van der Waals surface area (Å²) in [7, 11) is 0. The summed E-state index contributed by atoms with van der Waals surface area (Å²) in [5, 5.41) is 24.3. The standard InChI is InChI=1S/C23H17FN2O4/c24-17-7-9-18(10-8-17)26-19-11-6-15(12-16(19)13-25-26)20(14-4-2-1-3-5-14)21(22(27)28)23(29)30/h1-13,20-21H,(H,27,28)(H,29,30). The molecule has 4 aromatic rings. The quantitative estimate of drug-likeness (QED) is 0.473. The zero-order chi connectivity index (χ0) is 21.3. The second-order valence-electron chi connectivity index (χ2n) is 6.89. The number of hydrogen-bond acceptors (Lipinski definition) is 3. The Kier molecular flexibility index (Phi) is 5.02. The molecule has 4 rings (SSSR count). The van der Waals surface area contributed by atoms with E-state index in [-0.39, 0.29) is 5.82 Å². The van der Waals surface area contributed by atoms with Gasteiger partial charge in [-0.2, -0.15) is 5.10 Å². The fraction of sp³-hybridized carbons (Fsp3) is 0.0870. The van der Waals surface area contributed by atoms with Crippen molar-refractivity contribution in [3.05, 3.63) is 95.9 Å². The Labute approximate surface area is 170 Å². The molecule has 1 unspecified atom stereocenters. The topological polar surface area (TPSA) is 92.4 Å². The molecule has 0 aliphatic rings. The minimum absolute atomic E-state index is 0.350. The van der Waals surface area contributed by atoms with Crippen LogP contribution in [0.3, 0.4) is 0 Å². The predicted octanol–water partition coefficient (Wildman–Crippen LogP) is 4.08. The lowest BCUT2D eigenvalue weighted by atomic mass is 9.80. The van der Waals surface area contributed by atoms with Crippen molar-refractivity contribution in [2.75, 3.05) is 0 Å². The molecular formula is C23H17FN2O4. The molecule has 30 heavy (non-hydrogen) atoms. The van der Waals surface area contributed by atoms with Crippen LogP contribution in [0.2, 0.25) is 0 Å². The molecule has 0 saturated heterocycles. The van der Waals surface area contributed by atoms with Crippen LogP contribution in [0, 0.1) is 11.7 Å². The molecule has 150 valence electrons. The van der Waals surface area contributed by atoms with Gasteiger partial charge in [0.15, 0.2) is 5.92 Å². The van der Waals surface area contributed by atoms with Crippen LogP contribution in [0.4, 0.5) is 4.39 Å². The summed E-state index contributed by atoms with van der Waals surface area (Å²) < 4.78 is 14.9. The molecule has 1 atom stereocenters. The number of carboxylic acids is 2. The maximum Gasteiger partial charge on any atom is 0.318 e. The number of fused-ring (bicyclic) bond motifs is 1. The summed E-state index contributed by atoms with van der Waals surface area (Å²) >= 11 is 0. The van der Waals surface area contributed by atoms with Crippen LogP contribution >= 0.6 is 0 Å². The maximum absolute atomic E-state index is 13.2.